The number of hydrogen-bond acceptors (Lipinski definition) is 3. The van der Waals surface area contributed by atoms with E-state index in [1.807, 2.05) is 18.5 Å². The van der Waals surface area contributed by atoms with Crippen molar-refractivity contribution < 1.29 is 4.74 Å². The fourth-order valence-electron chi connectivity index (χ4n) is 2.92. The van der Waals surface area contributed by atoms with E-state index < -0.39 is 0 Å². The predicted molar refractivity (Wildman–Crippen MR) is 78.0 cm³/mol. The lowest BCUT2D eigenvalue weighted by molar-refractivity contribution is -0.0845. The van der Waals surface area contributed by atoms with Crippen molar-refractivity contribution in [2.75, 3.05) is 13.2 Å². The monoisotopic (exact) mass is 262 g/mol. The molecular formula is C16H26N2O. The SMILES string of the molecule is CCCN(Cc1cccnc1)C1CCOC(C)(C)C1. The molecule has 0 spiro atoms. The quantitative estimate of drug-likeness (QED) is 0.814. The highest BCUT2D eigenvalue weighted by Crippen LogP contribution is 2.28. The Hall–Kier alpha value is -0.930. The summed E-state index contributed by atoms with van der Waals surface area (Å²) >= 11 is 0. The van der Waals surface area contributed by atoms with Gasteiger partial charge in [0.1, 0.15) is 0 Å². The summed E-state index contributed by atoms with van der Waals surface area (Å²) in [4.78, 5) is 6.82. The summed E-state index contributed by atoms with van der Waals surface area (Å²) in [5, 5.41) is 0. The molecule has 0 aliphatic carbocycles. The third-order valence-corrected chi connectivity index (χ3v) is 3.81. The molecule has 2 heterocycles. The first-order valence-corrected chi connectivity index (χ1v) is 7.37. The van der Waals surface area contributed by atoms with Crippen LogP contribution in [0.4, 0.5) is 0 Å². The second kappa shape index (κ2) is 6.49. The minimum atomic E-state index is 0.0177. The Labute approximate surface area is 117 Å². The molecule has 1 unspecified atom stereocenters. The minimum absolute atomic E-state index is 0.0177. The Bertz CT molecular complexity index is 378. The van der Waals surface area contributed by atoms with E-state index in [0.29, 0.717) is 6.04 Å². The summed E-state index contributed by atoms with van der Waals surface area (Å²) < 4.78 is 5.84. The lowest BCUT2D eigenvalue weighted by atomic mass is 9.92. The van der Waals surface area contributed by atoms with Crippen LogP contribution < -0.4 is 0 Å². The maximum atomic E-state index is 5.84. The largest absolute Gasteiger partial charge is 0.375 e. The summed E-state index contributed by atoms with van der Waals surface area (Å²) in [6.45, 7) is 9.68. The van der Waals surface area contributed by atoms with E-state index >= 15 is 0 Å². The molecule has 0 saturated carbocycles. The van der Waals surface area contributed by atoms with Crippen molar-refractivity contribution in [3.63, 3.8) is 0 Å². The summed E-state index contributed by atoms with van der Waals surface area (Å²) in [6, 6.07) is 4.82. The molecule has 0 radical (unpaired) electrons. The Morgan fingerprint density at radius 3 is 2.95 bits per heavy atom. The van der Waals surface area contributed by atoms with Gasteiger partial charge in [-0.3, -0.25) is 9.88 Å². The summed E-state index contributed by atoms with van der Waals surface area (Å²) in [5.74, 6) is 0. The number of ether oxygens (including phenoxy) is 1. The molecule has 0 aromatic carbocycles. The minimum Gasteiger partial charge on any atom is -0.375 e. The highest BCUT2D eigenvalue weighted by atomic mass is 16.5. The fraction of sp³-hybridized carbons (Fsp3) is 0.688. The highest BCUT2D eigenvalue weighted by molar-refractivity contribution is 5.08. The number of pyridine rings is 1. The average Bonchev–Trinajstić information content (AvgIpc) is 2.38. The van der Waals surface area contributed by atoms with Crippen molar-refractivity contribution in [3.05, 3.63) is 30.1 Å². The molecule has 19 heavy (non-hydrogen) atoms. The van der Waals surface area contributed by atoms with E-state index in [1.165, 1.54) is 12.0 Å². The van der Waals surface area contributed by atoms with Crippen LogP contribution in [0.5, 0.6) is 0 Å². The van der Waals surface area contributed by atoms with Crippen LogP contribution in [0.2, 0.25) is 0 Å². The molecule has 1 fully saturated rings. The molecule has 1 atom stereocenters. The zero-order chi connectivity index (χ0) is 13.7. The summed E-state index contributed by atoms with van der Waals surface area (Å²) in [5.41, 5.74) is 1.32. The van der Waals surface area contributed by atoms with Gasteiger partial charge in [-0.05, 0) is 51.3 Å². The zero-order valence-corrected chi connectivity index (χ0v) is 12.4. The van der Waals surface area contributed by atoms with Gasteiger partial charge in [-0.25, -0.2) is 0 Å². The van der Waals surface area contributed by atoms with E-state index in [2.05, 4.69) is 36.7 Å². The topological polar surface area (TPSA) is 25.4 Å². The van der Waals surface area contributed by atoms with E-state index in [1.54, 1.807) is 0 Å². The average molecular weight is 262 g/mol. The van der Waals surface area contributed by atoms with Gasteiger partial charge in [0, 0.05) is 31.6 Å². The Balaban J connectivity index is 2.03. The molecule has 1 aliphatic heterocycles. The summed E-state index contributed by atoms with van der Waals surface area (Å²) in [6.07, 6.45) is 7.27. The van der Waals surface area contributed by atoms with Gasteiger partial charge in [0.15, 0.2) is 0 Å². The van der Waals surface area contributed by atoms with Crippen molar-refractivity contribution in [2.45, 2.75) is 58.2 Å². The molecule has 106 valence electrons. The van der Waals surface area contributed by atoms with Crippen molar-refractivity contribution in [3.8, 4) is 0 Å². The van der Waals surface area contributed by atoms with Gasteiger partial charge in [0.2, 0.25) is 0 Å². The van der Waals surface area contributed by atoms with E-state index in [-0.39, 0.29) is 5.60 Å². The zero-order valence-electron chi connectivity index (χ0n) is 12.4. The maximum absolute atomic E-state index is 5.84. The predicted octanol–water partition coefficient (Wildman–Crippen LogP) is 3.25. The number of hydrogen-bond donors (Lipinski definition) is 0. The normalized spacial score (nSPS) is 22.6. The van der Waals surface area contributed by atoms with Crippen molar-refractivity contribution in [2.24, 2.45) is 0 Å². The molecule has 1 aromatic heterocycles. The third-order valence-electron chi connectivity index (χ3n) is 3.81. The molecule has 1 saturated heterocycles. The van der Waals surface area contributed by atoms with Crippen molar-refractivity contribution >= 4 is 0 Å². The second-order valence-corrected chi connectivity index (χ2v) is 6.09. The lowest BCUT2D eigenvalue weighted by Gasteiger charge is -2.41. The standard InChI is InChI=1S/C16H26N2O/c1-4-9-18(13-14-6-5-8-17-12-14)15-7-10-19-16(2,3)11-15/h5-6,8,12,15H,4,7,9-11,13H2,1-3H3. The fourth-order valence-corrected chi connectivity index (χ4v) is 2.92. The lowest BCUT2D eigenvalue weighted by Crippen LogP contribution is -2.46. The maximum Gasteiger partial charge on any atom is 0.0641 e. The number of nitrogens with zero attached hydrogens (tertiary/aromatic N) is 2. The molecule has 0 N–H and O–H groups in total. The van der Waals surface area contributed by atoms with Crippen molar-refractivity contribution in [1.29, 1.82) is 0 Å². The van der Waals surface area contributed by atoms with E-state index in [0.717, 1.165) is 32.5 Å². The molecule has 1 aromatic rings. The van der Waals surface area contributed by atoms with Gasteiger partial charge in [0.05, 0.1) is 5.60 Å². The highest BCUT2D eigenvalue weighted by Gasteiger charge is 2.31. The molecule has 0 amide bonds. The third kappa shape index (κ3) is 4.29. The molecule has 0 bridgehead atoms. The van der Waals surface area contributed by atoms with Crippen LogP contribution in [-0.4, -0.2) is 34.7 Å². The number of rotatable bonds is 5. The van der Waals surface area contributed by atoms with Gasteiger partial charge in [-0.15, -0.1) is 0 Å². The first kappa shape index (κ1) is 14.5. The van der Waals surface area contributed by atoms with E-state index in [9.17, 15) is 0 Å². The van der Waals surface area contributed by atoms with Crippen LogP contribution in [0.25, 0.3) is 0 Å². The molecule has 3 nitrogen and oxygen atoms in total. The van der Waals surface area contributed by atoms with Gasteiger partial charge in [-0.1, -0.05) is 13.0 Å². The smallest absolute Gasteiger partial charge is 0.0641 e. The second-order valence-electron chi connectivity index (χ2n) is 6.09. The van der Waals surface area contributed by atoms with E-state index in [4.69, 9.17) is 4.74 Å². The Kier molecular flexibility index (Phi) is 4.94. The van der Waals surface area contributed by atoms with Crippen LogP contribution in [-0.2, 0) is 11.3 Å². The Morgan fingerprint density at radius 2 is 2.32 bits per heavy atom. The van der Waals surface area contributed by atoms with Crippen LogP contribution in [0, 0.1) is 0 Å². The molecule has 2 rings (SSSR count). The first-order valence-electron chi connectivity index (χ1n) is 7.37. The number of aromatic nitrogens is 1. The molecular weight excluding hydrogens is 236 g/mol. The van der Waals surface area contributed by atoms with Crippen LogP contribution in [0.3, 0.4) is 0 Å². The van der Waals surface area contributed by atoms with Gasteiger partial charge in [0.25, 0.3) is 0 Å². The van der Waals surface area contributed by atoms with Gasteiger partial charge < -0.3 is 4.74 Å². The van der Waals surface area contributed by atoms with Crippen LogP contribution >= 0.6 is 0 Å². The first-order chi connectivity index (χ1) is 9.11. The summed E-state index contributed by atoms with van der Waals surface area (Å²) in [7, 11) is 0. The molecule has 3 heteroatoms. The van der Waals surface area contributed by atoms with Gasteiger partial charge >= 0.3 is 0 Å². The Morgan fingerprint density at radius 1 is 1.47 bits per heavy atom. The van der Waals surface area contributed by atoms with Crippen LogP contribution in [0.15, 0.2) is 24.5 Å². The van der Waals surface area contributed by atoms with Crippen molar-refractivity contribution in [1.82, 2.24) is 9.88 Å². The van der Waals surface area contributed by atoms with Gasteiger partial charge in [-0.2, -0.15) is 0 Å². The van der Waals surface area contributed by atoms with Crippen LogP contribution in [0.1, 0.15) is 45.6 Å². The molecule has 1 aliphatic rings.